The molecule has 1 aromatic carbocycles. The number of nitrogens with one attached hydrogen (secondary N) is 1. The minimum atomic E-state index is -1.04. The van der Waals surface area contributed by atoms with E-state index in [1.165, 1.54) is 0 Å². The fraction of sp³-hybridized carbons (Fsp3) is 0.250. The summed E-state index contributed by atoms with van der Waals surface area (Å²) in [7, 11) is -1.04. The number of hydrogen-bond acceptors (Lipinski definition) is 3. The first-order valence-electron chi connectivity index (χ1n) is 6.72. The monoisotopic (exact) mass is 302 g/mol. The van der Waals surface area contributed by atoms with Crippen molar-refractivity contribution in [2.75, 3.05) is 5.32 Å². The van der Waals surface area contributed by atoms with Crippen LogP contribution in [0.4, 0.5) is 5.82 Å². The first kappa shape index (κ1) is 15.4. The van der Waals surface area contributed by atoms with Crippen LogP contribution in [0, 0.1) is 6.92 Å². The zero-order valence-electron chi connectivity index (χ0n) is 12.3. The SMILES string of the molecule is Cc1cccnc1NC(=O)c1ccc(S(=O)C(C)C)cc1. The molecule has 0 bridgehead atoms. The van der Waals surface area contributed by atoms with Gasteiger partial charge in [0, 0.05) is 21.9 Å². The van der Waals surface area contributed by atoms with E-state index in [4.69, 9.17) is 0 Å². The van der Waals surface area contributed by atoms with Crippen LogP contribution in [0.1, 0.15) is 29.8 Å². The Kier molecular flexibility index (Phi) is 4.85. The number of carbonyl (C=O) groups excluding carboxylic acids is 1. The van der Waals surface area contributed by atoms with Crippen LogP contribution in [0.3, 0.4) is 0 Å². The van der Waals surface area contributed by atoms with Gasteiger partial charge >= 0.3 is 0 Å². The van der Waals surface area contributed by atoms with Crippen molar-refractivity contribution >= 4 is 22.5 Å². The van der Waals surface area contributed by atoms with Crippen LogP contribution in [0.5, 0.6) is 0 Å². The summed E-state index contributed by atoms with van der Waals surface area (Å²) in [5.74, 6) is 0.330. The summed E-state index contributed by atoms with van der Waals surface area (Å²) in [6.45, 7) is 5.69. The highest BCUT2D eigenvalue weighted by Gasteiger charge is 2.11. The molecule has 0 aliphatic rings. The van der Waals surface area contributed by atoms with Crippen molar-refractivity contribution < 1.29 is 9.00 Å². The quantitative estimate of drug-likeness (QED) is 0.943. The molecule has 1 atom stereocenters. The van der Waals surface area contributed by atoms with Gasteiger partial charge in [-0.05, 0) is 42.8 Å². The molecule has 5 heteroatoms. The van der Waals surface area contributed by atoms with Gasteiger partial charge in [-0.1, -0.05) is 19.9 Å². The molecule has 0 spiro atoms. The first-order chi connectivity index (χ1) is 9.99. The predicted octanol–water partition coefficient (Wildman–Crippen LogP) is 3.16. The maximum atomic E-state index is 12.2. The Morgan fingerprint density at radius 3 is 2.43 bits per heavy atom. The lowest BCUT2D eigenvalue weighted by atomic mass is 10.2. The van der Waals surface area contributed by atoms with E-state index in [9.17, 15) is 9.00 Å². The van der Waals surface area contributed by atoms with Gasteiger partial charge in [-0.15, -0.1) is 0 Å². The van der Waals surface area contributed by atoms with E-state index in [1.54, 1.807) is 30.5 Å². The average molecular weight is 302 g/mol. The molecule has 0 saturated carbocycles. The highest BCUT2D eigenvalue weighted by Crippen LogP contribution is 2.15. The van der Waals surface area contributed by atoms with E-state index in [2.05, 4.69) is 10.3 Å². The number of hydrogen-bond donors (Lipinski definition) is 1. The molecule has 4 nitrogen and oxygen atoms in total. The lowest BCUT2D eigenvalue weighted by Crippen LogP contribution is -2.14. The second-order valence-electron chi connectivity index (χ2n) is 4.99. The Hall–Kier alpha value is -2.01. The van der Waals surface area contributed by atoms with Gasteiger partial charge in [-0.3, -0.25) is 9.00 Å². The van der Waals surface area contributed by atoms with Gasteiger partial charge in [0.15, 0.2) is 0 Å². The number of amides is 1. The second kappa shape index (κ2) is 6.63. The zero-order chi connectivity index (χ0) is 15.4. The van der Waals surface area contributed by atoms with Gasteiger partial charge in [-0.2, -0.15) is 0 Å². The summed E-state index contributed by atoms with van der Waals surface area (Å²) in [5, 5.41) is 2.83. The summed E-state index contributed by atoms with van der Waals surface area (Å²) >= 11 is 0. The molecule has 1 amide bonds. The molecule has 1 N–H and O–H groups in total. The van der Waals surface area contributed by atoms with Crippen molar-refractivity contribution in [1.29, 1.82) is 0 Å². The first-order valence-corrected chi connectivity index (χ1v) is 7.94. The van der Waals surface area contributed by atoms with Gasteiger partial charge in [0.05, 0.1) is 10.8 Å². The third kappa shape index (κ3) is 3.76. The number of nitrogens with zero attached hydrogens (tertiary/aromatic N) is 1. The van der Waals surface area contributed by atoms with Gasteiger partial charge < -0.3 is 5.32 Å². The lowest BCUT2D eigenvalue weighted by molar-refractivity contribution is 0.102. The van der Waals surface area contributed by atoms with Crippen LogP contribution in [-0.2, 0) is 10.8 Å². The molecule has 21 heavy (non-hydrogen) atoms. The van der Waals surface area contributed by atoms with Gasteiger partial charge in [0.2, 0.25) is 0 Å². The van der Waals surface area contributed by atoms with Gasteiger partial charge in [0.25, 0.3) is 5.91 Å². The Morgan fingerprint density at radius 2 is 1.86 bits per heavy atom. The van der Waals surface area contributed by atoms with Crippen LogP contribution in [0.2, 0.25) is 0 Å². The second-order valence-corrected chi connectivity index (χ2v) is 7.00. The van der Waals surface area contributed by atoms with E-state index >= 15 is 0 Å². The smallest absolute Gasteiger partial charge is 0.256 e. The van der Waals surface area contributed by atoms with Crippen LogP contribution in [0.15, 0.2) is 47.5 Å². The molecule has 0 radical (unpaired) electrons. The fourth-order valence-electron chi connectivity index (χ4n) is 1.81. The van der Waals surface area contributed by atoms with Gasteiger partial charge in [0.1, 0.15) is 5.82 Å². The zero-order valence-corrected chi connectivity index (χ0v) is 13.1. The topological polar surface area (TPSA) is 59.1 Å². The normalized spacial score (nSPS) is 12.2. The van der Waals surface area contributed by atoms with Crippen LogP contribution in [-0.4, -0.2) is 20.3 Å². The van der Waals surface area contributed by atoms with E-state index < -0.39 is 10.8 Å². The molecular formula is C16H18N2O2S. The van der Waals surface area contributed by atoms with Crippen molar-refractivity contribution in [3.63, 3.8) is 0 Å². The molecule has 110 valence electrons. The molecule has 1 unspecified atom stereocenters. The van der Waals surface area contributed by atoms with Crippen LogP contribution < -0.4 is 5.32 Å². The van der Waals surface area contributed by atoms with E-state index in [0.717, 1.165) is 10.5 Å². The largest absolute Gasteiger partial charge is 0.306 e. The molecule has 1 aromatic heterocycles. The fourth-order valence-corrected chi connectivity index (χ4v) is 2.76. The Balaban J connectivity index is 2.14. The number of aryl methyl sites for hydroxylation is 1. The van der Waals surface area contributed by atoms with Gasteiger partial charge in [-0.25, -0.2) is 4.98 Å². The molecule has 0 aliphatic heterocycles. The molecular weight excluding hydrogens is 284 g/mol. The molecule has 0 fully saturated rings. The Labute approximate surface area is 127 Å². The number of aromatic nitrogens is 1. The third-order valence-corrected chi connectivity index (χ3v) is 4.61. The van der Waals surface area contributed by atoms with Crippen molar-refractivity contribution in [3.05, 3.63) is 53.7 Å². The Morgan fingerprint density at radius 1 is 1.19 bits per heavy atom. The van der Waals surface area contributed by atoms with Crippen molar-refractivity contribution in [1.82, 2.24) is 4.98 Å². The third-order valence-electron chi connectivity index (χ3n) is 3.02. The summed E-state index contributed by atoms with van der Waals surface area (Å²) in [6.07, 6.45) is 1.64. The van der Waals surface area contributed by atoms with E-state index in [0.29, 0.717) is 11.4 Å². The summed E-state index contributed by atoms with van der Waals surface area (Å²) < 4.78 is 12.0. The highest BCUT2D eigenvalue weighted by molar-refractivity contribution is 7.85. The molecule has 0 aliphatic carbocycles. The number of anilines is 1. The highest BCUT2D eigenvalue weighted by atomic mass is 32.2. The standard InChI is InChI=1S/C16H18N2O2S/c1-11(2)21(20)14-8-6-13(7-9-14)16(19)18-15-12(3)5-4-10-17-15/h4-11H,1-3H3,(H,17,18,19). The average Bonchev–Trinajstić information content (AvgIpc) is 2.49. The molecule has 2 aromatic rings. The maximum Gasteiger partial charge on any atom is 0.256 e. The van der Waals surface area contributed by atoms with Crippen molar-refractivity contribution in [3.8, 4) is 0 Å². The molecule has 2 rings (SSSR count). The summed E-state index contributed by atoms with van der Waals surface area (Å²) in [6, 6.07) is 10.5. The number of rotatable bonds is 4. The predicted molar refractivity (Wildman–Crippen MR) is 84.9 cm³/mol. The number of carbonyl (C=O) groups is 1. The number of benzene rings is 1. The molecule has 1 heterocycles. The van der Waals surface area contributed by atoms with Crippen molar-refractivity contribution in [2.24, 2.45) is 0 Å². The van der Waals surface area contributed by atoms with E-state index in [1.807, 2.05) is 32.9 Å². The maximum absolute atomic E-state index is 12.2. The number of pyridine rings is 1. The minimum Gasteiger partial charge on any atom is -0.306 e. The van der Waals surface area contributed by atoms with E-state index in [-0.39, 0.29) is 11.2 Å². The minimum absolute atomic E-state index is 0.0563. The van der Waals surface area contributed by atoms with Crippen LogP contribution in [0.25, 0.3) is 0 Å². The molecule has 0 saturated heterocycles. The summed E-state index contributed by atoms with van der Waals surface area (Å²) in [5.41, 5.74) is 1.42. The van der Waals surface area contributed by atoms with Crippen molar-refractivity contribution in [2.45, 2.75) is 30.9 Å². The summed E-state index contributed by atoms with van der Waals surface area (Å²) in [4.78, 5) is 17.0. The lowest BCUT2D eigenvalue weighted by Gasteiger charge is -2.08. The van der Waals surface area contributed by atoms with Crippen LogP contribution >= 0.6 is 0 Å². The Bertz CT molecular complexity index is 666.